The van der Waals surface area contributed by atoms with Crippen molar-refractivity contribution in [1.29, 1.82) is 0 Å². The maximum absolute atomic E-state index is 12.3. The van der Waals surface area contributed by atoms with Gasteiger partial charge in [-0.3, -0.25) is 14.4 Å². The van der Waals surface area contributed by atoms with E-state index in [1.165, 1.54) is 0 Å². The van der Waals surface area contributed by atoms with E-state index in [2.05, 4.69) is 16.0 Å². The second-order valence-corrected chi connectivity index (χ2v) is 7.86. The lowest BCUT2D eigenvalue weighted by atomic mass is 10.0. The first-order valence-corrected chi connectivity index (χ1v) is 10.3. The van der Waals surface area contributed by atoms with E-state index in [-0.39, 0.29) is 36.6 Å². The number of benzene rings is 3. The number of hydrogen-bond acceptors (Lipinski definition) is 3. The molecule has 3 aromatic rings. The first kappa shape index (κ1) is 22.0. The van der Waals surface area contributed by atoms with Crippen molar-refractivity contribution in [3.8, 4) is 0 Å². The molecule has 160 valence electrons. The van der Waals surface area contributed by atoms with Crippen molar-refractivity contribution in [2.24, 2.45) is 5.92 Å². The fraction of sp³-hybridized carbons (Fsp3) is 0.240. The van der Waals surface area contributed by atoms with E-state index in [1.807, 2.05) is 56.3 Å². The molecular weight excluding hydrogens is 390 g/mol. The minimum absolute atomic E-state index is 0.0410. The summed E-state index contributed by atoms with van der Waals surface area (Å²) in [6.45, 7) is 3.86. The van der Waals surface area contributed by atoms with Crippen LogP contribution in [0.1, 0.15) is 25.8 Å². The van der Waals surface area contributed by atoms with E-state index >= 15 is 0 Å². The summed E-state index contributed by atoms with van der Waals surface area (Å²) in [5, 5.41) is 10.3. The van der Waals surface area contributed by atoms with Crippen LogP contribution >= 0.6 is 0 Å². The molecule has 0 fully saturated rings. The number of rotatable bonds is 8. The van der Waals surface area contributed by atoms with Crippen LogP contribution in [-0.4, -0.2) is 24.3 Å². The molecule has 0 atom stereocenters. The van der Waals surface area contributed by atoms with Gasteiger partial charge in [-0.05, 0) is 46.5 Å². The lowest BCUT2D eigenvalue weighted by Gasteiger charge is -2.10. The molecule has 3 rings (SSSR count). The molecule has 6 heteroatoms. The molecule has 0 aliphatic rings. The average molecular weight is 418 g/mol. The van der Waals surface area contributed by atoms with Crippen LogP contribution in [0.2, 0.25) is 0 Å². The topological polar surface area (TPSA) is 87.3 Å². The summed E-state index contributed by atoms with van der Waals surface area (Å²) < 4.78 is 0. The molecule has 0 spiro atoms. The Bertz CT molecular complexity index is 1070. The molecule has 0 saturated carbocycles. The van der Waals surface area contributed by atoms with E-state index in [0.29, 0.717) is 17.8 Å². The number of fused-ring (bicyclic) bond motifs is 1. The average Bonchev–Trinajstić information content (AvgIpc) is 2.73. The standard InChI is InChI=1S/C25H27N3O3/c1-17(2)14-24(30)27-20-10-12-21(13-11-20)28-25(31)16-26-23(29)15-19-8-5-7-18-6-3-4-9-22(18)19/h3-13,17H,14-16H2,1-2H3,(H,26,29)(H,27,30)(H,28,31). The van der Waals surface area contributed by atoms with Crippen LogP contribution in [-0.2, 0) is 20.8 Å². The number of nitrogens with one attached hydrogen (secondary N) is 3. The third-order valence-corrected chi connectivity index (χ3v) is 4.72. The first-order valence-electron chi connectivity index (χ1n) is 10.3. The van der Waals surface area contributed by atoms with Gasteiger partial charge in [-0.25, -0.2) is 0 Å². The van der Waals surface area contributed by atoms with Gasteiger partial charge in [0.25, 0.3) is 0 Å². The van der Waals surface area contributed by atoms with Crippen LogP contribution in [0.15, 0.2) is 66.7 Å². The Morgan fingerprint density at radius 1 is 0.742 bits per heavy atom. The molecule has 0 aliphatic heterocycles. The molecule has 0 bridgehead atoms. The summed E-state index contributed by atoms with van der Waals surface area (Å²) in [5.41, 5.74) is 2.19. The van der Waals surface area contributed by atoms with Crippen molar-refractivity contribution in [2.45, 2.75) is 26.7 Å². The van der Waals surface area contributed by atoms with E-state index in [4.69, 9.17) is 0 Å². The fourth-order valence-electron chi connectivity index (χ4n) is 3.29. The molecule has 31 heavy (non-hydrogen) atoms. The largest absolute Gasteiger partial charge is 0.347 e. The van der Waals surface area contributed by atoms with Crippen molar-refractivity contribution in [2.75, 3.05) is 17.2 Å². The molecule has 6 nitrogen and oxygen atoms in total. The molecule has 3 aromatic carbocycles. The van der Waals surface area contributed by atoms with Gasteiger partial charge in [0, 0.05) is 17.8 Å². The highest BCUT2D eigenvalue weighted by Gasteiger charge is 2.10. The van der Waals surface area contributed by atoms with Gasteiger partial charge in [0.1, 0.15) is 0 Å². The number of anilines is 2. The van der Waals surface area contributed by atoms with Gasteiger partial charge in [-0.2, -0.15) is 0 Å². The summed E-state index contributed by atoms with van der Waals surface area (Å²) in [4.78, 5) is 36.3. The van der Waals surface area contributed by atoms with Gasteiger partial charge < -0.3 is 16.0 Å². The Kier molecular flexibility index (Phi) is 7.38. The fourth-order valence-corrected chi connectivity index (χ4v) is 3.29. The van der Waals surface area contributed by atoms with Crippen molar-refractivity contribution in [3.05, 3.63) is 72.3 Å². The van der Waals surface area contributed by atoms with Gasteiger partial charge in [-0.1, -0.05) is 56.3 Å². The highest BCUT2D eigenvalue weighted by molar-refractivity contribution is 5.96. The highest BCUT2D eigenvalue weighted by atomic mass is 16.2. The van der Waals surface area contributed by atoms with E-state index in [0.717, 1.165) is 16.3 Å². The van der Waals surface area contributed by atoms with Crippen molar-refractivity contribution < 1.29 is 14.4 Å². The maximum atomic E-state index is 12.3. The Morgan fingerprint density at radius 2 is 1.35 bits per heavy atom. The van der Waals surface area contributed by atoms with E-state index in [1.54, 1.807) is 24.3 Å². The summed E-state index contributed by atoms with van der Waals surface area (Å²) in [7, 11) is 0. The minimum atomic E-state index is -0.317. The molecule has 0 aliphatic carbocycles. The molecule has 3 amide bonds. The van der Waals surface area contributed by atoms with Crippen LogP contribution in [0.3, 0.4) is 0 Å². The van der Waals surface area contributed by atoms with Crippen LogP contribution in [0, 0.1) is 5.92 Å². The molecule has 0 radical (unpaired) electrons. The van der Waals surface area contributed by atoms with Crippen LogP contribution < -0.4 is 16.0 Å². The van der Waals surface area contributed by atoms with Crippen molar-refractivity contribution in [1.82, 2.24) is 5.32 Å². The third-order valence-electron chi connectivity index (χ3n) is 4.72. The van der Waals surface area contributed by atoms with Crippen molar-refractivity contribution in [3.63, 3.8) is 0 Å². The van der Waals surface area contributed by atoms with Gasteiger partial charge in [-0.15, -0.1) is 0 Å². The minimum Gasteiger partial charge on any atom is -0.347 e. The third kappa shape index (κ3) is 6.67. The summed E-state index contributed by atoms with van der Waals surface area (Å²) in [5.74, 6) is -0.285. The molecular formula is C25H27N3O3. The van der Waals surface area contributed by atoms with Crippen molar-refractivity contribution >= 4 is 39.9 Å². The van der Waals surface area contributed by atoms with E-state index < -0.39 is 0 Å². The molecule has 0 aromatic heterocycles. The zero-order valence-corrected chi connectivity index (χ0v) is 17.8. The zero-order chi connectivity index (χ0) is 22.2. The van der Waals surface area contributed by atoms with E-state index in [9.17, 15) is 14.4 Å². The van der Waals surface area contributed by atoms with Crippen LogP contribution in [0.5, 0.6) is 0 Å². The number of carbonyl (C=O) groups excluding carboxylic acids is 3. The number of carbonyl (C=O) groups is 3. The lowest BCUT2D eigenvalue weighted by Crippen LogP contribution is -2.33. The van der Waals surface area contributed by atoms with Crippen LogP contribution in [0.4, 0.5) is 11.4 Å². The predicted molar refractivity (Wildman–Crippen MR) is 124 cm³/mol. The normalized spacial score (nSPS) is 10.7. The van der Waals surface area contributed by atoms with Gasteiger partial charge in [0.2, 0.25) is 17.7 Å². The number of hydrogen-bond donors (Lipinski definition) is 3. The van der Waals surface area contributed by atoms with Gasteiger partial charge in [0.05, 0.1) is 13.0 Å². The summed E-state index contributed by atoms with van der Waals surface area (Å²) in [6.07, 6.45) is 0.663. The zero-order valence-electron chi connectivity index (χ0n) is 17.8. The second kappa shape index (κ2) is 10.4. The first-order chi connectivity index (χ1) is 14.9. The molecule has 0 unspecified atom stereocenters. The quantitative estimate of drug-likeness (QED) is 0.515. The highest BCUT2D eigenvalue weighted by Crippen LogP contribution is 2.19. The lowest BCUT2D eigenvalue weighted by molar-refractivity contribution is -0.123. The Balaban J connectivity index is 1.47. The van der Waals surface area contributed by atoms with Gasteiger partial charge in [0.15, 0.2) is 0 Å². The Hall–Kier alpha value is -3.67. The maximum Gasteiger partial charge on any atom is 0.243 e. The summed E-state index contributed by atoms with van der Waals surface area (Å²) >= 11 is 0. The van der Waals surface area contributed by atoms with Gasteiger partial charge >= 0.3 is 0 Å². The molecule has 0 saturated heterocycles. The Morgan fingerprint density at radius 3 is 2.03 bits per heavy atom. The summed E-state index contributed by atoms with van der Waals surface area (Å²) in [6, 6.07) is 20.6. The predicted octanol–water partition coefficient (Wildman–Crippen LogP) is 4.12. The second-order valence-electron chi connectivity index (χ2n) is 7.86. The Labute approximate surface area is 182 Å². The molecule has 3 N–H and O–H groups in total. The molecule has 0 heterocycles. The number of amides is 3. The smallest absolute Gasteiger partial charge is 0.243 e. The monoisotopic (exact) mass is 417 g/mol. The van der Waals surface area contributed by atoms with Crippen LogP contribution in [0.25, 0.3) is 10.8 Å². The SMILES string of the molecule is CC(C)CC(=O)Nc1ccc(NC(=O)CNC(=O)Cc2cccc3ccccc23)cc1.